The zero-order valence-corrected chi connectivity index (χ0v) is 10.8. The second-order valence-electron chi connectivity index (χ2n) is 3.55. The Labute approximate surface area is 117 Å². The Morgan fingerprint density at radius 2 is 2.25 bits per heavy atom. The van der Waals surface area contributed by atoms with Gasteiger partial charge in [-0.1, -0.05) is 11.6 Å². The number of esters is 1. The molecule has 0 fully saturated rings. The number of nitrogens with zero attached hydrogens (tertiary/aromatic N) is 2. The van der Waals surface area contributed by atoms with Gasteiger partial charge in [0, 0.05) is 12.7 Å². The summed E-state index contributed by atoms with van der Waals surface area (Å²) < 4.78 is 41.6. The number of alkyl halides is 3. The molecule has 0 bridgehead atoms. The molecule has 0 unspecified atom stereocenters. The van der Waals surface area contributed by atoms with Crippen molar-refractivity contribution in [2.75, 3.05) is 18.5 Å². The fraction of sp³-hybridized carbons (Fsp3) is 0.364. The van der Waals surface area contributed by atoms with Crippen molar-refractivity contribution in [1.82, 2.24) is 4.98 Å². The van der Waals surface area contributed by atoms with Gasteiger partial charge in [-0.2, -0.15) is 18.4 Å². The minimum Gasteiger partial charge on any atom is -0.450 e. The first-order valence-electron chi connectivity index (χ1n) is 5.33. The summed E-state index contributed by atoms with van der Waals surface area (Å²) in [5.41, 5.74) is -0.957. The molecular weight excluding hydrogens is 299 g/mol. The van der Waals surface area contributed by atoms with Crippen molar-refractivity contribution in [3.63, 3.8) is 0 Å². The predicted octanol–water partition coefficient (Wildman–Crippen LogP) is 2.62. The Morgan fingerprint density at radius 3 is 2.80 bits per heavy atom. The molecule has 1 rings (SSSR count). The number of carbonyl (C=O) groups excluding carboxylic acids is 1. The highest BCUT2D eigenvalue weighted by Gasteiger charge is 2.31. The molecule has 0 saturated carbocycles. The lowest BCUT2D eigenvalue weighted by molar-refractivity contribution is -0.142. The lowest BCUT2D eigenvalue weighted by Crippen LogP contribution is -2.13. The van der Waals surface area contributed by atoms with Crippen LogP contribution in [-0.4, -0.2) is 24.1 Å². The standard InChI is InChI=1S/C11H9ClF3N3O2/c12-8-5-7(11(13,14)15)6-18-10(8)17-3-1-9(19)20-4-2-16/h5-6H,1,3-4H2,(H,17,18). The first-order valence-corrected chi connectivity index (χ1v) is 5.71. The summed E-state index contributed by atoms with van der Waals surface area (Å²) >= 11 is 5.65. The Hall–Kier alpha value is -2.01. The van der Waals surface area contributed by atoms with E-state index < -0.39 is 17.7 Å². The molecule has 0 atom stereocenters. The highest BCUT2D eigenvalue weighted by Crippen LogP contribution is 2.32. The van der Waals surface area contributed by atoms with Gasteiger partial charge in [-0.15, -0.1) is 0 Å². The average Bonchev–Trinajstić information content (AvgIpc) is 2.37. The Kier molecular flexibility index (Phi) is 5.58. The van der Waals surface area contributed by atoms with Crippen molar-refractivity contribution in [3.05, 3.63) is 22.8 Å². The van der Waals surface area contributed by atoms with Gasteiger partial charge in [-0.3, -0.25) is 4.79 Å². The summed E-state index contributed by atoms with van der Waals surface area (Å²) in [6, 6.07) is 2.37. The summed E-state index contributed by atoms with van der Waals surface area (Å²) in [4.78, 5) is 14.6. The van der Waals surface area contributed by atoms with Crippen molar-refractivity contribution < 1.29 is 22.7 Å². The zero-order valence-electron chi connectivity index (χ0n) is 10.00. The monoisotopic (exact) mass is 307 g/mol. The molecule has 9 heteroatoms. The summed E-state index contributed by atoms with van der Waals surface area (Å²) in [5, 5.41) is 10.6. The number of ether oxygens (including phenoxy) is 1. The zero-order chi connectivity index (χ0) is 15.2. The highest BCUT2D eigenvalue weighted by atomic mass is 35.5. The van der Waals surface area contributed by atoms with Crippen molar-refractivity contribution in [2.45, 2.75) is 12.6 Å². The minimum atomic E-state index is -4.52. The summed E-state index contributed by atoms with van der Waals surface area (Å²) in [5.74, 6) is -0.574. The van der Waals surface area contributed by atoms with Gasteiger partial charge >= 0.3 is 12.1 Å². The topological polar surface area (TPSA) is 75.0 Å². The minimum absolute atomic E-state index is 0.0350. The molecule has 0 amide bonds. The molecule has 108 valence electrons. The van der Waals surface area contributed by atoms with Gasteiger partial charge in [0.15, 0.2) is 6.61 Å². The quantitative estimate of drug-likeness (QED) is 0.846. The molecule has 0 aliphatic rings. The van der Waals surface area contributed by atoms with Gasteiger partial charge < -0.3 is 10.1 Å². The van der Waals surface area contributed by atoms with E-state index in [0.717, 1.165) is 6.07 Å². The van der Waals surface area contributed by atoms with E-state index in [1.165, 1.54) is 0 Å². The number of rotatable bonds is 5. The van der Waals surface area contributed by atoms with Gasteiger partial charge in [0.2, 0.25) is 0 Å². The van der Waals surface area contributed by atoms with E-state index in [1.54, 1.807) is 6.07 Å². The number of pyridine rings is 1. The van der Waals surface area contributed by atoms with Gasteiger partial charge in [0.1, 0.15) is 11.9 Å². The highest BCUT2D eigenvalue weighted by molar-refractivity contribution is 6.32. The smallest absolute Gasteiger partial charge is 0.417 e. The molecule has 0 aliphatic heterocycles. The maximum Gasteiger partial charge on any atom is 0.417 e. The second kappa shape index (κ2) is 6.96. The summed E-state index contributed by atoms with van der Waals surface area (Å²) in [7, 11) is 0. The first kappa shape index (κ1) is 16.0. The van der Waals surface area contributed by atoms with Gasteiger partial charge in [0.25, 0.3) is 0 Å². The van der Waals surface area contributed by atoms with Gasteiger partial charge in [0.05, 0.1) is 17.0 Å². The van der Waals surface area contributed by atoms with Crippen LogP contribution in [0.1, 0.15) is 12.0 Å². The van der Waals surface area contributed by atoms with E-state index >= 15 is 0 Å². The van der Waals surface area contributed by atoms with E-state index in [-0.39, 0.29) is 30.4 Å². The number of aromatic nitrogens is 1. The van der Waals surface area contributed by atoms with Crippen LogP contribution in [-0.2, 0) is 15.7 Å². The fourth-order valence-corrected chi connectivity index (χ4v) is 1.42. The maximum atomic E-state index is 12.4. The van der Waals surface area contributed by atoms with Crippen molar-refractivity contribution >= 4 is 23.4 Å². The molecule has 0 aromatic carbocycles. The SMILES string of the molecule is N#CCOC(=O)CCNc1ncc(C(F)(F)F)cc1Cl. The fourth-order valence-electron chi connectivity index (χ4n) is 1.19. The van der Waals surface area contributed by atoms with Crippen LogP contribution in [0.5, 0.6) is 0 Å². The molecular formula is C11H9ClF3N3O2. The van der Waals surface area contributed by atoms with E-state index in [2.05, 4.69) is 15.0 Å². The average molecular weight is 308 g/mol. The van der Waals surface area contributed by atoms with E-state index in [0.29, 0.717) is 6.20 Å². The molecule has 0 radical (unpaired) electrons. The largest absolute Gasteiger partial charge is 0.450 e. The van der Waals surface area contributed by atoms with Crippen LogP contribution in [0.25, 0.3) is 0 Å². The maximum absolute atomic E-state index is 12.4. The number of anilines is 1. The van der Waals surface area contributed by atoms with Crippen LogP contribution in [0.15, 0.2) is 12.3 Å². The van der Waals surface area contributed by atoms with Crippen LogP contribution in [0.2, 0.25) is 5.02 Å². The Bertz CT molecular complexity index is 529. The van der Waals surface area contributed by atoms with Gasteiger partial charge in [-0.25, -0.2) is 4.98 Å². The molecule has 1 N–H and O–H groups in total. The molecule has 1 aromatic heterocycles. The van der Waals surface area contributed by atoms with Crippen LogP contribution in [0.4, 0.5) is 19.0 Å². The molecule has 0 spiro atoms. The molecule has 1 aromatic rings. The van der Waals surface area contributed by atoms with Crippen LogP contribution >= 0.6 is 11.6 Å². The second-order valence-corrected chi connectivity index (χ2v) is 3.95. The normalized spacial score (nSPS) is 10.8. The summed E-state index contributed by atoms with van der Waals surface area (Å²) in [6.07, 6.45) is -3.95. The number of carbonyl (C=O) groups is 1. The molecule has 0 saturated heterocycles. The number of nitriles is 1. The van der Waals surface area contributed by atoms with Crippen LogP contribution in [0, 0.1) is 11.3 Å². The third-order valence-electron chi connectivity index (χ3n) is 2.09. The predicted molar refractivity (Wildman–Crippen MR) is 63.9 cm³/mol. The number of hydrogen-bond donors (Lipinski definition) is 1. The van der Waals surface area contributed by atoms with Crippen LogP contribution in [0.3, 0.4) is 0 Å². The van der Waals surface area contributed by atoms with E-state index in [1.807, 2.05) is 0 Å². The third-order valence-corrected chi connectivity index (χ3v) is 2.38. The Morgan fingerprint density at radius 1 is 1.55 bits per heavy atom. The summed E-state index contributed by atoms with van der Waals surface area (Å²) in [6.45, 7) is -0.277. The van der Waals surface area contributed by atoms with Gasteiger partial charge in [-0.05, 0) is 6.07 Å². The van der Waals surface area contributed by atoms with E-state index in [4.69, 9.17) is 16.9 Å². The first-order chi connectivity index (χ1) is 9.34. The Balaban J connectivity index is 2.54. The van der Waals surface area contributed by atoms with E-state index in [9.17, 15) is 18.0 Å². The molecule has 0 aliphatic carbocycles. The van der Waals surface area contributed by atoms with Crippen molar-refractivity contribution in [2.24, 2.45) is 0 Å². The van der Waals surface area contributed by atoms with Crippen molar-refractivity contribution in [3.8, 4) is 6.07 Å². The third kappa shape index (κ3) is 4.93. The van der Waals surface area contributed by atoms with Crippen LogP contribution < -0.4 is 5.32 Å². The van der Waals surface area contributed by atoms with Crippen molar-refractivity contribution in [1.29, 1.82) is 5.26 Å². The lowest BCUT2D eigenvalue weighted by Gasteiger charge is -2.10. The molecule has 20 heavy (non-hydrogen) atoms. The lowest BCUT2D eigenvalue weighted by atomic mass is 10.3. The molecule has 5 nitrogen and oxygen atoms in total. The number of nitrogens with one attached hydrogen (secondary N) is 1. The molecule has 1 heterocycles. The number of hydrogen-bond acceptors (Lipinski definition) is 5. The number of halogens is 4.